The van der Waals surface area contributed by atoms with Gasteiger partial charge in [-0.1, -0.05) is 23.7 Å². The Labute approximate surface area is 228 Å². The molecule has 6 nitrogen and oxygen atoms in total. The molecule has 1 N–H and O–H groups in total. The smallest absolute Gasteiger partial charge is 0.303 e. The lowest BCUT2D eigenvalue weighted by Gasteiger charge is -2.49. The minimum atomic E-state index is -0.717. The second-order valence-corrected chi connectivity index (χ2v) is 12.1. The Morgan fingerprint density at radius 3 is 2.68 bits per heavy atom. The van der Waals surface area contributed by atoms with E-state index in [1.54, 1.807) is 6.07 Å². The number of likely N-dealkylation sites (tertiary alicyclic amines) is 2. The molecule has 6 rings (SSSR count). The molecule has 0 amide bonds. The number of hydrogen-bond acceptors (Lipinski definition) is 4. The Kier molecular flexibility index (Phi) is 7.18. The molecule has 0 radical (unpaired) electrons. The number of rotatable bonds is 8. The molecule has 2 aromatic heterocycles. The Balaban J connectivity index is 1.15. The fourth-order valence-electron chi connectivity index (χ4n) is 7.23. The van der Waals surface area contributed by atoms with Crippen molar-refractivity contribution in [1.29, 1.82) is 0 Å². The molecular weight excluding hydrogens is 503 g/mol. The molecule has 3 fully saturated rings. The molecule has 3 aromatic rings. The van der Waals surface area contributed by atoms with Gasteiger partial charge in [-0.15, -0.1) is 0 Å². The number of aliphatic carboxylic acids is 1. The average molecular weight is 539 g/mol. The van der Waals surface area contributed by atoms with Crippen LogP contribution in [0.1, 0.15) is 68.0 Å². The van der Waals surface area contributed by atoms with Gasteiger partial charge >= 0.3 is 5.97 Å². The summed E-state index contributed by atoms with van der Waals surface area (Å²) in [6.07, 6.45) is 10.4. The predicted molar refractivity (Wildman–Crippen MR) is 146 cm³/mol. The highest BCUT2D eigenvalue weighted by molar-refractivity contribution is 6.30. The van der Waals surface area contributed by atoms with Gasteiger partial charge < -0.3 is 14.4 Å². The number of aromatic nitrogens is 2. The maximum atomic E-state index is 14.2. The number of piperidine rings is 1. The highest BCUT2D eigenvalue weighted by atomic mass is 35.5. The highest BCUT2D eigenvalue weighted by Crippen LogP contribution is 2.47. The third kappa shape index (κ3) is 5.08. The zero-order chi connectivity index (χ0) is 26.3. The van der Waals surface area contributed by atoms with E-state index in [1.165, 1.54) is 11.8 Å². The summed E-state index contributed by atoms with van der Waals surface area (Å²) in [6, 6.07) is 10.9. The summed E-state index contributed by atoms with van der Waals surface area (Å²) in [5, 5.41) is 10.1. The van der Waals surface area contributed by atoms with Crippen LogP contribution >= 0.6 is 11.6 Å². The number of carboxylic acids is 1. The zero-order valence-electron chi connectivity index (χ0n) is 21.7. The van der Waals surface area contributed by atoms with Crippen molar-refractivity contribution in [3.05, 3.63) is 70.9 Å². The van der Waals surface area contributed by atoms with Crippen molar-refractivity contribution < 1.29 is 14.3 Å². The molecule has 0 bridgehead atoms. The molecule has 1 aromatic carbocycles. The second-order valence-electron chi connectivity index (χ2n) is 11.6. The second kappa shape index (κ2) is 10.6. The number of halogens is 2. The third-order valence-corrected chi connectivity index (χ3v) is 9.71. The van der Waals surface area contributed by atoms with E-state index in [9.17, 15) is 14.3 Å². The molecule has 38 heavy (non-hydrogen) atoms. The summed E-state index contributed by atoms with van der Waals surface area (Å²) >= 11 is 6.15. The van der Waals surface area contributed by atoms with Crippen molar-refractivity contribution in [3.8, 4) is 0 Å². The van der Waals surface area contributed by atoms with Gasteiger partial charge in [0.2, 0.25) is 0 Å². The number of carbonyl (C=O) groups is 1. The highest BCUT2D eigenvalue weighted by Gasteiger charge is 2.48. The molecule has 2 atom stereocenters. The van der Waals surface area contributed by atoms with Gasteiger partial charge in [-0.2, -0.15) is 0 Å². The zero-order valence-corrected chi connectivity index (χ0v) is 22.5. The lowest BCUT2D eigenvalue weighted by Crippen LogP contribution is -2.53. The first-order chi connectivity index (χ1) is 18.4. The van der Waals surface area contributed by atoms with Gasteiger partial charge in [-0.3, -0.25) is 9.69 Å². The molecule has 2 saturated heterocycles. The fraction of sp³-hybridized carbons (Fsp3) is 0.533. The number of nitrogens with zero attached hydrogens (tertiary/aromatic N) is 4. The monoisotopic (exact) mass is 538 g/mol. The summed E-state index contributed by atoms with van der Waals surface area (Å²) in [6.45, 7) is 4.88. The third-order valence-electron chi connectivity index (χ3n) is 9.48. The maximum absolute atomic E-state index is 14.2. The molecule has 4 heterocycles. The van der Waals surface area contributed by atoms with E-state index < -0.39 is 5.97 Å². The van der Waals surface area contributed by atoms with Gasteiger partial charge in [0, 0.05) is 66.5 Å². The van der Waals surface area contributed by atoms with Crippen LogP contribution in [0.2, 0.25) is 5.02 Å². The lowest BCUT2D eigenvalue weighted by molar-refractivity contribution is -0.138. The van der Waals surface area contributed by atoms with Crippen LogP contribution in [-0.4, -0.2) is 68.5 Å². The standard InChI is InChI=1S/C30H36ClFN4O2/c31-24-8-14-36-27(17-33-28(36)16-24)21-6-12-34(13-7-21)18-23-19-35(30(9-2-10-30)11-5-29(37)38)20-26(23)22-3-1-4-25(32)15-22/h1,3-4,8,14-17,21,23,26H,2,5-7,9-13,18-20H2,(H,37,38). The summed E-state index contributed by atoms with van der Waals surface area (Å²) < 4.78 is 16.4. The van der Waals surface area contributed by atoms with Crippen molar-refractivity contribution in [3.63, 3.8) is 0 Å². The van der Waals surface area contributed by atoms with Crippen LogP contribution in [0.25, 0.3) is 5.65 Å². The van der Waals surface area contributed by atoms with Crippen molar-refractivity contribution in [2.45, 2.75) is 62.3 Å². The molecule has 2 aliphatic heterocycles. The normalized spacial score (nSPS) is 24.6. The number of pyridine rings is 1. The van der Waals surface area contributed by atoms with E-state index in [1.807, 2.05) is 30.6 Å². The minimum absolute atomic E-state index is 0.00231. The van der Waals surface area contributed by atoms with Crippen LogP contribution in [-0.2, 0) is 4.79 Å². The van der Waals surface area contributed by atoms with Crippen molar-refractivity contribution in [2.75, 3.05) is 32.7 Å². The lowest BCUT2D eigenvalue weighted by atomic mass is 9.72. The molecule has 1 saturated carbocycles. The fourth-order valence-corrected chi connectivity index (χ4v) is 7.38. The van der Waals surface area contributed by atoms with E-state index >= 15 is 0 Å². The largest absolute Gasteiger partial charge is 0.481 e. The van der Waals surface area contributed by atoms with Gasteiger partial charge in [0.25, 0.3) is 0 Å². The quantitative estimate of drug-likeness (QED) is 0.392. The molecule has 2 unspecified atom stereocenters. The first kappa shape index (κ1) is 25.8. The number of benzene rings is 1. The molecule has 0 spiro atoms. The van der Waals surface area contributed by atoms with Gasteiger partial charge in [-0.05, 0) is 87.4 Å². The van der Waals surface area contributed by atoms with Gasteiger partial charge in [0.05, 0.1) is 0 Å². The molecule has 3 aliphatic rings. The van der Waals surface area contributed by atoms with Crippen LogP contribution < -0.4 is 0 Å². The summed E-state index contributed by atoms with van der Waals surface area (Å²) in [7, 11) is 0. The molecule has 1 aliphatic carbocycles. The van der Waals surface area contributed by atoms with Gasteiger partial charge in [0.15, 0.2) is 0 Å². The van der Waals surface area contributed by atoms with Crippen molar-refractivity contribution in [2.24, 2.45) is 5.92 Å². The SMILES string of the molecule is O=C(O)CCC1(N2CC(CN3CCC(c4cnc5cc(Cl)ccn45)CC3)C(c3cccc(F)c3)C2)CCC1. The van der Waals surface area contributed by atoms with Gasteiger partial charge in [0.1, 0.15) is 11.5 Å². The predicted octanol–water partition coefficient (Wildman–Crippen LogP) is 5.81. The van der Waals surface area contributed by atoms with Crippen molar-refractivity contribution >= 4 is 23.2 Å². The van der Waals surface area contributed by atoms with Crippen LogP contribution in [0.4, 0.5) is 4.39 Å². The first-order valence-electron chi connectivity index (χ1n) is 14.0. The Morgan fingerprint density at radius 2 is 1.97 bits per heavy atom. The van der Waals surface area contributed by atoms with E-state index in [2.05, 4.69) is 25.3 Å². The Hall–Kier alpha value is -2.48. The Morgan fingerprint density at radius 1 is 1.16 bits per heavy atom. The van der Waals surface area contributed by atoms with Crippen LogP contribution in [0.5, 0.6) is 0 Å². The van der Waals surface area contributed by atoms with E-state index in [-0.39, 0.29) is 23.7 Å². The van der Waals surface area contributed by atoms with E-state index in [0.717, 1.165) is 76.0 Å². The molecule has 202 valence electrons. The number of imidazole rings is 1. The topological polar surface area (TPSA) is 61.1 Å². The number of carboxylic acid groups (broad SMARTS) is 1. The number of hydrogen-bond donors (Lipinski definition) is 1. The minimum Gasteiger partial charge on any atom is -0.481 e. The molecule has 8 heteroatoms. The van der Waals surface area contributed by atoms with Crippen LogP contribution in [0.3, 0.4) is 0 Å². The van der Waals surface area contributed by atoms with Gasteiger partial charge in [-0.25, -0.2) is 9.37 Å². The molecular formula is C30H36ClFN4O2. The van der Waals surface area contributed by atoms with E-state index in [4.69, 9.17) is 11.6 Å². The Bertz CT molecular complexity index is 1300. The van der Waals surface area contributed by atoms with Crippen LogP contribution in [0, 0.1) is 11.7 Å². The number of fused-ring (bicyclic) bond motifs is 1. The first-order valence-corrected chi connectivity index (χ1v) is 14.4. The summed E-state index contributed by atoms with van der Waals surface area (Å²) in [5.41, 5.74) is 3.22. The van der Waals surface area contributed by atoms with Crippen LogP contribution in [0.15, 0.2) is 48.8 Å². The summed E-state index contributed by atoms with van der Waals surface area (Å²) in [5.74, 6) is 0.225. The summed E-state index contributed by atoms with van der Waals surface area (Å²) in [4.78, 5) is 21.1. The van der Waals surface area contributed by atoms with E-state index in [0.29, 0.717) is 23.3 Å². The van der Waals surface area contributed by atoms with Crippen molar-refractivity contribution in [1.82, 2.24) is 19.2 Å². The average Bonchev–Trinajstić information content (AvgIpc) is 3.48. The maximum Gasteiger partial charge on any atom is 0.303 e.